The Hall–Kier alpha value is -2.05. The first kappa shape index (κ1) is 15.3. The number of ether oxygens (including phenoxy) is 1. The van der Waals surface area contributed by atoms with Gasteiger partial charge in [-0.1, -0.05) is 0 Å². The summed E-state index contributed by atoms with van der Waals surface area (Å²) in [5.74, 6) is 0.600. The van der Waals surface area contributed by atoms with E-state index in [0.717, 1.165) is 19.4 Å². The number of aromatic hydroxyl groups is 1. The van der Waals surface area contributed by atoms with Gasteiger partial charge < -0.3 is 20.1 Å². The van der Waals surface area contributed by atoms with Gasteiger partial charge in [0, 0.05) is 19.1 Å². The first-order valence-corrected chi connectivity index (χ1v) is 7.09. The molecular weight excluding hydrogens is 272 g/mol. The topological polar surface area (TPSA) is 87.6 Å². The highest BCUT2D eigenvalue weighted by Crippen LogP contribution is 2.17. The van der Waals surface area contributed by atoms with Gasteiger partial charge >= 0.3 is 6.09 Å². The average molecular weight is 294 g/mol. The van der Waals surface area contributed by atoms with Crippen LogP contribution in [0.25, 0.3) is 0 Å². The Morgan fingerprint density at radius 1 is 1.43 bits per heavy atom. The molecule has 116 valence electrons. The Bertz CT molecular complexity index is 484. The molecule has 1 aliphatic rings. The lowest BCUT2D eigenvalue weighted by molar-refractivity contribution is 0.0500. The number of alkyl carbamates (subject to hydrolysis) is 1. The van der Waals surface area contributed by atoms with Gasteiger partial charge in [0.2, 0.25) is 5.95 Å². The summed E-state index contributed by atoms with van der Waals surface area (Å²) in [4.78, 5) is 22.0. The van der Waals surface area contributed by atoms with Crippen LogP contribution in [0.1, 0.15) is 33.6 Å². The van der Waals surface area contributed by atoms with Gasteiger partial charge in [-0.25, -0.2) is 14.8 Å². The second-order valence-electron chi connectivity index (χ2n) is 6.17. The van der Waals surface area contributed by atoms with E-state index in [-0.39, 0.29) is 11.8 Å². The molecule has 0 saturated carbocycles. The predicted molar refractivity (Wildman–Crippen MR) is 78.3 cm³/mol. The van der Waals surface area contributed by atoms with Crippen molar-refractivity contribution in [2.75, 3.05) is 18.0 Å². The van der Waals surface area contributed by atoms with Gasteiger partial charge in [-0.05, 0) is 33.6 Å². The Morgan fingerprint density at radius 2 is 2.10 bits per heavy atom. The molecule has 7 nitrogen and oxygen atoms in total. The number of amides is 1. The minimum atomic E-state index is -0.501. The maximum atomic E-state index is 11.8. The summed E-state index contributed by atoms with van der Waals surface area (Å²) in [5.41, 5.74) is -0.501. The Kier molecular flexibility index (Phi) is 4.50. The summed E-state index contributed by atoms with van der Waals surface area (Å²) < 4.78 is 5.26. The Morgan fingerprint density at radius 3 is 2.71 bits per heavy atom. The molecule has 1 atom stereocenters. The van der Waals surface area contributed by atoms with Crippen LogP contribution < -0.4 is 10.2 Å². The lowest BCUT2D eigenvalue weighted by Gasteiger charge is -2.33. The monoisotopic (exact) mass is 294 g/mol. The molecule has 0 aromatic carbocycles. The molecule has 1 aliphatic heterocycles. The molecule has 0 unspecified atom stereocenters. The van der Waals surface area contributed by atoms with Crippen LogP contribution in [0.2, 0.25) is 0 Å². The summed E-state index contributed by atoms with van der Waals surface area (Å²) in [7, 11) is 0. The molecule has 2 heterocycles. The lowest BCUT2D eigenvalue weighted by atomic mass is 10.1. The quantitative estimate of drug-likeness (QED) is 0.863. The van der Waals surface area contributed by atoms with Gasteiger partial charge in [0.1, 0.15) is 5.60 Å². The highest BCUT2D eigenvalue weighted by Gasteiger charge is 2.25. The van der Waals surface area contributed by atoms with Crippen molar-refractivity contribution in [3.8, 4) is 5.75 Å². The number of nitrogens with zero attached hydrogens (tertiary/aromatic N) is 3. The van der Waals surface area contributed by atoms with Gasteiger partial charge in [-0.3, -0.25) is 0 Å². The van der Waals surface area contributed by atoms with Gasteiger partial charge in [0.05, 0.1) is 12.4 Å². The molecule has 2 N–H and O–H groups in total. The first-order valence-electron chi connectivity index (χ1n) is 7.09. The molecule has 0 spiro atoms. The predicted octanol–water partition coefficient (Wildman–Crippen LogP) is 1.68. The fourth-order valence-electron chi connectivity index (χ4n) is 2.23. The zero-order valence-corrected chi connectivity index (χ0v) is 12.7. The summed E-state index contributed by atoms with van der Waals surface area (Å²) in [6, 6.07) is 0.00556. The van der Waals surface area contributed by atoms with E-state index >= 15 is 0 Å². The maximum Gasteiger partial charge on any atom is 0.407 e. The van der Waals surface area contributed by atoms with Gasteiger partial charge in [-0.15, -0.1) is 0 Å². The number of hydrogen-bond acceptors (Lipinski definition) is 6. The zero-order valence-electron chi connectivity index (χ0n) is 12.7. The second kappa shape index (κ2) is 6.15. The number of carbonyl (C=O) groups excluding carboxylic acids is 1. The molecule has 1 aromatic heterocycles. The van der Waals surface area contributed by atoms with Crippen molar-refractivity contribution in [2.45, 2.75) is 45.3 Å². The maximum absolute atomic E-state index is 11.8. The molecular formula is C14H22N4O3. The SMILES string of the molecule is CC(C)(C)OC(=O)N[C@@H]1CCCN(c2ncc(O)cn2)C1. The van der Waals surface area contributed by atoms with E-state index in [0.29, 0.717) is 12.5 Å². The van der Waals surface area contributed by atoms with Crippen LogP contribution >= 0.6 is 0 Å². The Labute approximate surface area is 124 Å². The minimum absolute atomic E-state index is 0.00556. The van der Waals surface area contributed by atoms with Crippen LogP contribution in [0.5, 0.6) is 5.75 Å². The number of carbonyl (C=O) groups is 1. The molecule has 0 bridgehead atoms. The average Bonchev–Trinajstić information content (AvgIpc) is 2.37. The molecule has 21 heavy (non-hydrogen) atoms. The normalized spacial score (nSPS) is 19.2. The molecule has 1 fully saturated rings. The van der Waals surface area contributed by atoms with Crippen LogP contribution in [-0.2, 0) is 4.74 Å². The summed E-state index contributed by atoms with van der Waals surface area (Å²) in [6.07, 6.45) is 4.17. The second-order valence-corrected chi connectivity index (χ2v) is 6.17. The van der Waals surface area contributed by atoms with E-state index in [4.69, 9.17) is 4.74 Å². The number of anilines is 1. The van der Waals surface area contributed by atoms with Crippen molar-refractivity contribution in [3.63, 3.8) is 0 Å². The lowest BCUT2D eigenvalue weighted by Crippen LogP contribution is -2.49. The van der Waals surface area contributed by atoms with E-state index in [2.05, 4.69) is 15.3 Å². The molecule has 0 aliphatic carbocycles. The van der Waals surface area contributed by atoms with E-state index < -0.39 is 11.7 Å². The van der Waals surface area contributed by atoms with Crippen LogP contribution in [-0.4, -0.2) is 45.9 Å². The van der Waals surface area contributed by atoms with E-state index in [1.165, 1.54) is 12.4 Å². The number of piperidine rings is 1. The first-order chi connectivity index (χ1) is 9.83. The van der Waals surface area contributed by atoms with Crippen molar-refractivity contribution in [1.29, 1.82) is 0 Å². The number of hydrogen-bond donors (Lipinski definition) is 2. The standard InChI is InChI=1S/C14H22N4O3/c1-14(2,3)21-13(20)17-10-5-4-6-18(9-10)12-15-7-11(19)8-16-12/h7-8,10,19H,4-6,9H2,1-3H3,(H,17,20)/t10-/m1/s1. The third-order valence-electron chi connectivity index (χ3n) is 3.05. The fourth-order valence-corrected chi connectivity index (χ4v) is 2.23. The van der Waals surface area contributed by atoms with Crippen molar-refractivity contribution >= 4 is 12.0 Å². The number of rotatable bonds is 2. The largest absolute Gasteiger partial charge is 0.505 e. The smallest absolute Gasteiger partial charge is 0.407 e. The number of nitrogens with one attached hydrogen (secondary N) is 1. The van der Waals surface area contributed by atoms with E-state index in [9.17, 15) is 9.90 Å². The molecule has 0 radical (unpaired) electrons. The summed E-state index contributed by atoms with van der Waals surface area (Å²) in [6.45, 7) is 6.97. The highest BCUT2D eigenvalue weighted by molar-refractivity contribution is 5.68. The van der Waals surface area contributed by atoms with Gasteiger partial charge in [-0.2, -0.15) is 0 Å². The molecule has 1 saturated heterocycles. The third-order valence-corrected chi connectivity index (χ3v) is 3.05. The van der Waals surface area contributed by atoms with E-state index in [1.807, 2.05) is 25.7 Å². The molecule has 2 rings (SSSR count). The van der Waals surface area contributed by atoms with Gasteiger partial charge in [0.25, 0.3) is 0 Å². The zero-order chi connectivity index (χ0) is 15.5. The Balaban J connectivity index is 1.91. The minimum Gasteiger partial charge on any atom is -0.505 e. The number of aromatic nitrogens is 2. The molecule has 1 aromatic rings. The van der Waals surface area contributed by atoms with Crippen LogP contribution in [0.3, 0.4) is 0 Å². The van der Waals surface area contributed by atoms with Crippen molar-refractivity contribution < 1.29 is 14.6 Å². The van der Waals surface area contributed by atoms with Crippen LogP contribution in [0, 0.1) is 0 Å². The van der Waals surface area contributed by atoms with E-state index in [1.54, 1.807) is 0 Å². The summed E-state index contributed by atoms with van der Waals surface area (Å²) >= 11 is 0. The fraction of sp³-hybridized carbons (Fsp3) is 0.643. The molecule has 1 amide bonds. The third kappa shape index (κ3) is 4.77. The van der Waals surface area contributed by atoms with Crippen LogP contribution in [0.4, 0.5) is 10.7 Å². The van der Waals surface area contributed by atoms with Crippen molar-refractivity contribution in [1.82, 2.24) is 15.3 Å². The molecule has 7 heteroatoms. The van der Waals surface area contributed by atoms with Gasteiger partial charge in [0.15, 0.2) is 5.75 Å². The van der Waals surface area contributed by atoms with Crippen molar-refractivity contribution in [2.24, 2.45) is 0 Å². The van der Waals surface area contributed by atoms with Crippen LogP contribution in [0.15, 0.2) is 12.4 Å². The van der Waals surface area contributed by atoms with Crippen molar-refractivity contribution in [3.05, 3.63) is 12.4 Å². The highest BCUT2D eigenvalue weighted by atomic mass is 16.6. The summed E-state index contributed by atoms with van der Waals surface area (Å²) in [5, 5.41) is 12.1.